The number of hydrogen-bond acceptors (Lipinski definition) is 8. The Bertz CT molecular complexity index is 1780. The van der Waals surface area contributed by atoms with Crippen LogP contribution in [-0.2, 0) is 15.9 Å². The summed E-state index contributed by atoms with van der Waals surface area (Å²) in [6, 6.07) is 16.1. The number of fused-ring (bicyclic) bond motifs is 1. The summed E-state index contributed by atoms with van der Waals surface area (Å²) >= 11 is 6.32. The predicted molar refractivity (Wildman–Crippen MR) is 156 cm³/mol. The third-order valence-corrected chi connectivity index (χ3v) is 7.44. The number of tetrazole rings is 1. The summed E-state index contributed by atoms with van der Waals surface area (Å²) in [5.41, 5.74) is 5.29. The van der Waals surface area contributed by atoms with Crippen LogP contribution in [0.1, 0.15) is 30.9 Å². The molecule has 13 heteroatoms. The van der Waals surface area contributed by atoms with Crippen molar-refractivity contribution in [3.05, 3.63) is 94.0 Å². The molecule has 2 atom stereocenters. The van der Waals surface area contributed by atoms with Gasteiger partial charge in [0.15, 0.2) is 0 Å². The summed E-state index contributed by atoms with van der Waals surface area (Å²) in [5.74, 6) is 0.703. The van der Waals surface area contributed by atoms with Gasteiger partial charge in [-0.15, -0.1) is 5.10 Å². The van der Waals surface area contributed by atoms with E-state index in [-0.39, 0.29) is 24.3 Å². The molecule has 1 amide bonds. The zero-order valence-electron chi connectivity index (χ0n) is 22.8. The Morgan fingerprint density at radius 3 is 2.76 bits per heavy atom. The lowest BCUT2D eigenvalue weighted by molar-refractivity contribution is 0.0508. The highest BCUT2D eigenvalue weighted by molar-refractivity contribution is 6.31. The number of methoxy groups -OCH3 is 1. The molecule has 12 nitrogen and oxygen atoms in total. The van der Waals surface area contributed by atoms with E-state index in [1.807, 2.05) is 31.2 Å². The summed E-state index contributed by atoms with van der Waals surface area (Å²) in [7, 11) is 1.56. The van der Waals surface area contributed by atoms with Crippen LogP contribution < -0.4 is 10.9 Å². The van der Waals surface area contributed by atoms with Gasteiger partial charge in [0.25, 0.3) is 5.56 Å². The summed E-state index contributed by atoms with van der Waals surface area (Å²) in [5, 5.41) is 14.7. The summed E-state index contributed by atoms with van der Waals surface area (Å²) in [6.45, 7) is 1.98. The molecule has 0 aliphatic carbocycles. The number of ether oxygens (including phenoxy) is 2. The van der Waals surface area contributed by atoms with E-state index >= 15 is 0 Å². The van der Waals surface area contributed by atoms with E-state index in [1.54, 1.807) is 52.9 Å². The lowest BCUT2D eigenvalue weighted by Crippen LogP contribution is -2.23. The number of carbonyl (C=O) groups is 1. The second-order valence-electron chi connectivity index (χ2n) is 9.94. The van der Waals surface area contributed by atoms with Crippen molar-refractivity contribution in [2.75, 3.05) is 19.0 Å². The minimum Gasteiger partial charge on any atom is -0.447 e. The average Bonchev–Trinajstić information content (AvgIpc) is 3.77. The Morgan fingerprint density at radius 1 is 1.17 bits per heavy atom. The minimum absolute atomic E-state index is 0.132. The van der Waals surface area contributed by atoms with Crippen LogP contribution in [0.3, 0.4) is 0 Å². The van der Waals surface area contributed by atoms with Gasteiger partial charge in [0.05, 0.1) is 29.7 Å². The zero-order chi connectivity index (χ0) is 29.2. The van der Waals surface area contributed by atoms with Crippen LogP contribution in [0, 0.1) is 0 Å². The normalized spacial score (nSPS) is 14.9. The summed E-state index contributed by atoms with van der Waals surface area (Å²) in [4.78, 5) is 33.5. The van der Waals surface area contributed by atoms with E-state index in [1.165, 1.54) is 6.33 Å². The van der Waals surface area contributed by atoms with E-state index in [9.17, 15) is 9.59 Å². The van der Waals surface area contributed by atoms with Crippen molar-refractivity contribution in [2.24, 2.45) is 0 Å². The molecule has 6 rings (SSSR count). The van der Waals surface area contributed by atoms with Crippen molar-refractivity contribution < 1.29 is 14.3 Å². The molecule has 1 aliphatic heterocycles. The molecule has 5 aromatic rings. The lowest BCUT2D eigenvalue weighted by Gasteiger charge is -2.15. The molecule has 1 aliphatic rings. The van der Waals surface area contributed by atoms with Gasteiger partial charge in [-0.2, -0.15) is 4.68 Å². The van der Waals surface area contributed by atoms with Crippen LogP contribution in [0.4, 0.5) is 10.5 Å². The van der Waals surface area contributed by atoms with Crippen LogP contribution >= 0.6 is 11.6 Å². The van der Waals surface area contributed by atoms with Gasteiger partial charge in [-0.25, -0.2) is 9.78 Å². The number of amides is 1. The van der Waals surface area contributed by atoms with Crippen molar-refractivity contribution in [3.63, 3.8) is 0 Å². The Balaban J connectivity index is 1.21. The number of nitrogens with zero attached hydrogens (tertiary/aromatic N) is 6. The van der Waals surface area contributed by atoms with Gasteiger partial charge in [0.2, 0.25) is 0 Å². The number of pyridine rings is 1. The van der Waals surface area contributed by atoms with Gasteiger partial charge in [0, 0.05) is 35.1 Å². The van der Waals surface area contributed by atoms with E-state index in [2.05, 4.69) is 30.8 Å². The van der Waals surface area contributed by atoms with Crippen LogP contribution in [0.15, 0.2) is 71.9 Å². The number of rotatable bonds is 8. The predicted octanol–water partition coefficient (Wildman–Crippen LogP) is 4.65. The summed E-state index contributed by atoms with van der Waals surface area (Å²) < 4.78 is 13.6. The number of anilines is 1. The van der Waals surface area contributed by atoms with Gasteiger partial charge in [-0.05, 0) is 77.7 Å². The first-order valence-electron chi connectivity index (χ1n) is 13.3. The average molecular weight is 587 g/mol. The second kappa shape index (κ2) is 11.6. The topological polar surface area (TPSA) is 142 Å². The highest BCUT2D eigenvalue weighted by Gasteiger charge is 2.28. The zero-order valence-corrected chi connectivity index (χ0v) is 23.6. The molecule has 0 saturated heterocycles. The fourth-order valence-corrected chi connectivity index (χ4v) is 5.19. The fraction of sp³-hybridized carbons (Fsp3) is 0.241. The third-order valence-electron chi connectivity index (χ3n) is 7.20. The first-order chi connectivity index (χ1) is 20.4. The number of halogens is 1. The number of aromatic amines is 1. The SMILES string of the molecule is COC(C)COC(=O)Nc1ccc(-c2cnc([C@@H]3CCc4cc(-c5cc(Cl)ccc5-n5cnnn5)cc(=O)n43)[nH]2)cc1. The molecular weight excluding hydrogens is 560 g/mol. The van der Waals surface area contributed by atoms with Crippen molar-refractivity contribution >= 4 is 23.4 Å². The molecule has 1 unspecified atom stereocenters. The Labute approximate surface area is 245 Å². The minimum atomic E-state index is -0.550. The number of aromatic nitrogens is 7. The van der Waals surface area contributed by atoms with Gasteiger partial charge in [0.1, 0.15) is 18.8 Å². The maximum atomic E-state index is 13.5. The second-order valence-corrected chi connectivity index (χ2v) is 10.4. The van der Waals surface area contributed by atoms with Gasteiger partial charge in [-0.3, -0.25) is 10.1 Å². The van der Waals surface area contributed by atoms with Crippen LogP contribution in [0.2, 0.25) is 5.02 Å². The van der Waals surface area contributed by atoms with Crippen molar-refractivity contribution in [1.29, 1.82) is 0 Å². The lowest BCUT2D eigenvalue weighted by atomic mass is 10.0. The third kappa shape index (κ3) is 5.54. The summed E-state index contributed by atoms with van der Waals surface area (Å²) in [6.07, 6.45) is 3.96. The number of carbonyl (C=O) groups excluding carboxylic acids is 1. The molecule has 2 aromatic carbocycles. The first-order valence-corrected chi connectivity index (χ1v) is 13.7. The highest BCUT2D eigenvalue weighted by atomic mass is 35.5. The van der Waals surface area contributed by atoms with Crippen LogP contribution in [0.5, 0.6) is 0 Å². The fourth-order valence-electron chi connectivity index (χ4n) is 5.02. The molecule has 2 N–H and O–H groups in total. The number of hydrogen-bond donors (Lipinski definition) is 2. The molecule has 214 valence electrons. The molecule has 0 radical (unpaired) electrons. The monoisotopic (exact) mass is 586 g/mol. The molecule has 3 aromatic heterocycles. The van der Waals surface area contributed by atoms with Crippen LogP contribution in [0.25, 0.3) is 28.1 Å². The first kappa shape index (κ1) is 27.4. The van der Waals surface area contributed by atoms with Gasteiger partial charge >= 0.3 is 6.09 Å². The standard InChI is InChI=1S/C29H27ClN8O4/c1-17(41-2)15-42-29(40)33-21-6-3-18(4-7-21)24-14-31-28(34-24)26-10-8-22-11-19(12-27(39)38(22)26)23-13-20(30)5-9-25(23)37-16-32-35-36-37/h3-7,9,11-14,16-17,26H,8,10,15H2,1-2H3,(H,31,34)(H,33,40)/t17?,26-/m0/s1. The Morgan fingerprint density at radius 2 is 2.00 bits per heavy atom. The molecule has 42 heavy (non-hydrogen) atoms. The van der Waals surface area contributed by atoms with Gasteiger partial charge < -0.3 is 19.0 Å². The molecule has 0 saturated carbocycles. The quantitative estimate of drug-likeness (QED) is 0.267. The molecule has 4 heterocycles. The Hall–Kier alpha value is -4.81. The molecule has 0 fully saturated rings. The van der Waals surface area contributed by atoms with E-state index < -0.39 is 6.09 Å². The number of aryl methyl sites for hydroxylation is 1. The molecule has 0 bridgehead atoms. The van der Waals surface area contributed by atoms with E-state index in [0.717, 1.165) is 40.2 Å². The van der Waals surface area contributed by atoms with Crippen molar-refractivity contribution in [2.45, 2.75) is 31.9 Å². The van der Waals surface area contributed by atoms with Crippen molar-refractivity contribution in [3.8, 4) is 28.1 Å². The number of benzene rings is 2. The largest absolute Gasteiger partial charge is 0.447 e. The molecular formula is C29H27ClN8O4. The highest BCUT2D eigenvalue weighted by Crippen LogP contribution is 2.34. The van der Waals surface area contributed by atoms with Crippen LogP contribution in [-0.4, -0.2) is 60.7 Å². The Kier molecular flexibility index (Phi) is 7.55. The number of nitrogens with one attached hydrogen (secondary N) is 2. The molecule has 0 spiro atoms. The maximum absolute atomic E-state index is 13.5. The number of H-pyrrole nitrogens is 1. The maximum Gasteiger partial charge on any atom is 0.411 e. The van der Waals surface area contributed by atoms with E-state index in [0.29, 0.717) is 23.0 Å². The smallest absolute Gasteiger partial charge is 0.411 e. The van der Waals surface area contributed by atoms with E-state index in [4.69, 9.17) is 21.1 Å². The van der Waals surface area contributed by atoms with Gasteiger partial charge in [-0.1, -0.05) is 23.7 Å². The number of imidazole rings is 1. The van der Waals surface area contributed by atoms with Crippen molar-refractivity contribution in [1.82, 2.24) is 34.7 Å².